The van der Waals surface area contributed by atoms with Crippen molar-refractivity contribution >= 4 is 24.6 Å². The average Bonchev–Trinajstić information content (AvgIpc) is 3.01. The molecule has 7 N–H and O–H groups in total. The number of anilines is 1. The number of H-pyrrole nitrogens is 1. The molecule has 0 aromatic carbocycles. The lowest BCUT2D eigenvalue weighted by Gasteiger charge is -2.25. The van der Waals surface area contributed by atoms with E-state index in [4.69, 9.17) is 15.0 Å². The molecule has 2 aromatic rings. The van der Waals surface area contributed by atoms with E-state index in [9.17, 15) is 29.6 Å². The predicted molar refractivity (Wildman–Crippen MR) is 99.5 cm³/mol. The quantitative estimate of drug-likeness (QED) is 0.273. The number of ether oxygens (including phenoxy) is 1. The predicted octanol–water partition coefficient (Wildman–Crippen LogP) is -0.506. The highest BCUT2D eigenvalue weighted by atomic mass is 31.2. The van der Waals surface area contributed by atoms with Gasteiger partial charge in [0.15, 0.2) is 17.7 Å². The van der Waals surface area contributed by atoms with E-state index in [1.54, 1.807) is 0 Å². The van der Waals surface area contributed by atoms with E-state index in [0.29, 0.717) is 0 Å². The molecule has 0 radical (unpaired) electrons. The Morgan fingerprint density at radius 2 is 2.07 bits per heavy atom. The van der Waals surface area contributed by atoms with Crippen LogP contribution >= 0.6 is 7.60 Å². The minimum atomic E-state index is -4.16. The van der Waals surface area contributed by atoms with E-state index >= 15 is 0 Å². The third-order valence-electron chi connectivity index (χ3n) is 4.01. The lowest BCUT2D eigenvalue weighted by Crippen LogP contribution is -2.30. The molecule has 2 heterocycles. The molecule has 0 aliphatic rings. The smallest absolute Gasteiger partial charge is 0.356 e. The van der Waals surface area contributed by atoms with Crippen molar-refractivity contribution < 1.29 is 34.0 Å². The summed E-state index contributed by atoms with van der Waals surface area (Å²) in [7, 11) is -4.16. The van der Waals surface area contributed by atoms with E-state index in [1.807, 2.05) is 0 Å². The summed E-state index contributed by atoms with van der Waals surface area (Å²) in [5.41, 5.74) is 5.27. The lowest BCUT2D eigenvalue weighted by atomic mass is 10.3. The number of aliphatic hydroxyl groups excluding tert-OH is 3. The molecule has 0 bridgehead atoms. The van der Waals surface area contributed by atoms with Crippen molar-refractivity contribution in [1.29, 1.82) is 0 Å². The molecule has 2 rings (SSSR count). The molecular weight excluding hydrogens is 395 g/mol. The van der Waals surface area contributed by atoms with Crippen LogP contribution in [0.1, 0.15) is 26.5 Å². The molecule has 13 heteroatoms. The van der Waals surface area contributed by atoms with Crippen LogP contribution < -0.4 is 11.3 Å². The molecule has 0 amide bonds. The zero-order chi connectivity index (χ0) is 21.1. The van der Waals surface area contributed by atoms with Crippen LogP contribution in [-0.2, 0) is 13.8 Å². The van der Waals surface area contributed by atoms with Gasteiger partial charge in [0.25, 0.3) is 5.56 Å². The zero-order valence-electron chi connectivity index (χ0n) is 15.4. The summed E-state index contributed by atoms with van der Waals surface area (Å²) >= 11 is 0. The highest BCUT2D eigenvalue weighted by molar-refractivity contribution is 7.53. The van der Waals surface area contributed by atoms with Gasteiger partial charge in [-0.3, -0.25) is 14.3 Å². The second kappa shape index (κ2) is 9.14. The number of nitrogens with two attached hydrogens (primary N) is 1. The number of fused-ring (bicyclic) bond motifs is 1. The monoisotopic (exact) mass is 420 g/mol. The summed E-state index contributed by atoms with van der Waals surface area (Å²) in [5, 5.41) is 28.9. The molecule has 12 nitrogen and oxygen atoms in total. The van der Waals surface area contributed by atoms with Crippen molar-refractivity contribution in [3.63, 3.8) is 0 Å². The number of hydrogen-bond acceptors (Lipinski definition) is 9. The summed E-state index contributed by atoms with van der Waals surface area (Å²) in [6.45, 7) is 2.03. The van der Waals surface area contributed by atoms with Gasteiger partial charge in [0.2, 0.25) is 5.95 Å². The van der Waals surface area contributed by atoms with Crippen molar-refractivity contribution in [3.05, 3.63) is 22.6 Å². The maximum absolute atomic E-state index is 11.9. The topological polar surface area (TPSA) is 193 Å². The number of aromatic amines is 1. The standard InChI is InChI=1S/C15H25N4O8P/c1-8(27-28(24,25)9(2)21)4-6-26-14(11(22)7-20)19-5-3-10-12(19)17-15(16)18-13(10)23/h3,5,8-9,11,14,20-22H,4,6-7H2,1-2H3,(H,24,25)(H3,16,17,18,23)/t8?,9?,11-,14-/m1/s1. The SMILES string of the molecule is CC(CCO[C@H]([C@H](O)CO)n1ccc2c(=O)[nH]c(N)nc21)OP(=O)(O)C(C)O. The number of aliphatic hydroxyl groups is 3. The number of hydrogen-bond donors (Lipinski definition) is 6. The van der Waals surface area contributed by atoms with Crippen molar-refractivity contribution in [2.45, 2.75) is 44.5 Å². The molecule has 3 unspecified atom stereocenters. The summed E-state index contributed by atoms with van der Waals surface area (Å²) in [6, 6.07) is 1.47. The molecule has 0 saturated carbocycles. The summed E-state index contributed by atoms with van der Waals surface area (Å²) in [6.07, 6.45) is -1.54. The molecule has 0 aliphatic carbocycles. The second-order valence-electron chi connectivity index (χ2n) is 6.32. The van der Waals surface area contributed by atoms with Crippen molar-refractivity contribution in [2.75, 3.05) is 18.9 Å². The fourth-order valence-corrected chi connectivity index (χ4v) is 3.28. The summed E-state index contributed by atoms with van der Waals surface area (Å²) in [5.74, 6) is -1.64. The first-order valence-corrected chi connectivity index (χ1v) is 10.2. The van der Waals surface area contributed by atoms with E-state index in [2.05, 4.69) is 9.97 Å². The average molecular weight is 420 g/mol. The van der Waals surface area contributed by atoms with Crippen molar-refractivity contribution in [2.24, 2.45) is 0 Å². The number of aromatic nitrogens is 3. The van der Waals surface area contributed by atoms with Gasteiger partial charge in [-0.2, -0.15) is 4.98 Å². The molecule has 5 atom stereocenters. The third-order valence-corrected chi connectivity index (χ3v) is 5.61. The van der Waals surface area contributed by atoms with Crippen LogP contribution in [0, 0.1) is 0 Å². The Morgan fingerprint density at radius 3 is 2.68 bits per heavy atom. The Bertz CT molecular complexity index is 898. The maximum Gasteiger partial charge on any atom is 0.356 e. The van der Waals surface area contributed by atoms with Crippen LogP contribution in [-0.4, -0.2) is 66.0 Å². The maximum atomic E-state index is 11.9. The van der Waals surface area contributed by atoms with Crippen LogP contribution in [0.25, 0.3) is 11.0 Å². The Kier molecular flexibility index (Phi) is 7.34. The van der Waals surface area contributed by atoms with Crippen LogP contribution in [0.15, 0.2) is 17.1 Å². The van der Waals surface area contributed by atoms with Gasteiger partial charge in [-0.1, -0.05) is 0 Å². The van der Waals surface area contributed by atoms with E-state index < -0.39 is 44.0 Å². The zero-order valence-corrected chi connectivity index (χ0v) is 16.3. The lowest BCUT2D eigenvalue weighted by molar-refractivity contribution is -0.0999. The van der Waals surface area contributed by atoms with Gasteiger partial charge in [0, 0.05) is 6.20 Å². The van der Waals surface area contributed by atoms with Gasteiger partial charge >= 0.3 is 7.60 Å². The van der Waals surface area contributed by atoms with E-state index in [0.717, 1.165) is 6.92 Å². The largest absolute Gasteiger partial charge is 0.394 e. The number of rotatable bonds is 10. The summed E-state index contributed by atoms with van der Waals surface area (Å²) < 4.78 is 23.6. The first-order chi connectivity index (χ1) is 13.1. The third kappa shape index (κ3) is 5.17. The fraction of sp³-hybridized carbons (Fsp3) is 0.600. The first-order valence-electron chi connectivity index (χ1n) is 8.52. The highest BCUT2D eigenvalue weighted by Crippen LogP contribution is 2.47. The van der Waals surface area contributed by atoms with Crippen LogP contribution in [0.5, 0.6) is 0 Å². The Labute approximate surface area is 160 Å². The van der Waals surface area contributed by atoms with E-state index in [1.165, 1.54) is 23.8 Å². The Balaban J connectivity index is 2.14. The van der Waals surface area contributed by atoms with Crippen LogP contribution in [0.4, 0.5) is 5.95 Å². The van der Waals surface area contributed by atoms with E-state index in [-0.39, 0.29) is 30.0 Å². The van der Waals surface area contributed by atoms with Gasteiger partial charge in [0.05, 0.1) is 24.7 Å². The number of nitrogen functional groups attached to an aromatic ring is 1. The normalized spacial score (nSPS) is 18.5. The molecule has 0 spiro atoms. The highest BCUT2D eigenvalue weighted by Gasteiger charge is 2.29. The minimum Gasteiger partial charge on any atom is -0.394 e. The molecule has 0 saturated heterocycles. The number of nitrogens with zero attached hydrogens (tertiary/aromatic N) is 2. The molecule has 0 aliphatic heterocycles. The van der Waals surface area contributed by atoms with Gasteiger partial charge in [-0.05, 0) is 26.3 Å². The van der Waals surface area contributed by atoms with Crippen molar-refractivity contribution in [3.8, 4) is 0 Å². The minimum absolute atomic E-state index is 0.0267. The second-order valence-corrected chi connectivity index (χ2v) is 8.41. The molecule has 158 valence electrons. The molecule has 0 fully saturated rings. The first kappa shape index (κ1) is 22.5. The van der Waals surface area contributed by atoms with Gasteiger partial charge in [0.1, 0.15) is 6.10 Å². The Morgan fingerprint density at radius 1 is 1.39 bits per heavy atom. The Hall–Kier alpha value is -1.79. The van der Waals surface area contributed by atoms with Gasteiger partial charge in [-0.25, -0.2) is 0 Å². The molecule has 2 aromatic heterocycles. The fourth-order valence-electron chi connectivity index (χ4n) is 2.49. The number of nitrogens with one attached hydrogen (secondary N) is 1. The van der Waals surface area contributed by atoms with Crippen LogP contribution in [0.2, 0.25) is 0 Å². The summed E-state index contributed by atoms with van der Waals surface area (Å²) in [4.78, 5) is 27.9. The molecular formula is C15H25N4O8P. The van der Waals surface area contributed by atoms with Crippen LogP contribution in [0.3, 0.4) is 0 Å². The van der Waals surface area contributed by atoms with Gasteiger partial charge < -0.3 is 39.8 Å². The molecule has 28 heavy (non-hydrogen) atoms. The van der Waals surface area contributed by atoms with Gasteiger partial charge in [-0.15, -0.1) is 0 Å². The van der Waals surface area contributed by atoms with Crippen molar-refractivity contribution in [1.82, 2.24) is 14.5 Å².